The van der Waals surface area contributed by atoms with E-state index in [0.717, 1.165) is 16.7 Å². The van der Waals surface area contributed by atoms with Crippen molar-refractivity contribution >= 4 is 11.8 Å². The first-order valence-corrected chi connectivity index (χ1v) is 10.9. The first kappa shape index (κ1) is 21.6. The lowest BCUT2D eigenvalue weighted by atomic mass is 9.93. The van der Waals surface area contributed by atoms with Crippen molar-refractivity contribution in [1.29, 1.82) is 0 Å². The molecule has 6 nitrogen and oxygen atoms in total. The van der Waals surface area contributed by atoms with Crippen molar-refractivity contribution in [3.8, 4) is 17.0 Å². The van der Waals surface area contributed by atoms with E-state index in [2.05, 4.69) is 23.2 Å². The molecule has 1 aromatic heterocycles. The maximum Gasteiger partial charge on any atom is 0.254 e. The van der Waals surface area contributed by atoms with Gasteiger partial charge in [0.2, 0.25) is 11.8 Å². The Hall–Kier alpha value is -3.67. The molecule has 1 fully saturated rings. The van der Waals surface area contributed by atoms with E-state index in [9.17, 15) is 9.59 Å². The van der Waals surface area contributed by atoms with Gasteiger partial charge in [0.1, 0.15) is 6.04 Å². The van der Waals surface area contributed by atoms with E-state index in [4.69, 9.17) is 4.74 Å². The molecule has 1 aliphatic rings. The van der Waals surface area contributed by atoms with Crippen molar-refractivity contribution in [2.24, 2.45) is 0 Å². The summed E-state index contributed by atoms with van der Waals surface area (Å²) in [6.07, 6.45) is 2.00. The molecule has 2 amide bonds. The van der Waals surface area contributed by atoms with Crippen LogP contribution in [0, 0.1) is 0 Å². The summed E-state index contributed by atoms with van der Waals surface area (Å²) >= 11 is 0. The minimum Gasteiger partial charge on any atom is -0.481 e. The molecule has 6 heteroatoms. The molecule has 1 aliphatic heterocycles. The number of benzene rings is 2. The lowest BCUT2D eigenvalue weighted by molar-refractivity contribution is -0.139. The number of nitrogens with zero attached hydrogens (tertiary/aromatic N) is 3. The van der Waals surface area contributed by atoms with Crippen molar-refractivity contribution in [3.05, 3.63) is 84.1 Å². The van der Waals surface area contributed by atoms with Crippen LogP contribution in [-0.4, -0.2) is 59.4 Å². The topological polar surface area (TPSA) is 62.7 Å². The smallest absolute Gasteiger partial charge is 0.254 e. The number of piperazine rings is 1. The Balaban J connectivity index is 1.69. The standard InChI is InChI=1S/C26H27N3O3/c1-3-28-15-16-29(25(30)21-13-14-27-24(18-21)32-2)23(26(28)31)17-20-11-7-8-12-22(20)19-9-5-4-6-10-19/h4-14,18,23H,3,15-17H2,1-2H3/t23-/m0/s1. The van der Waals surface area contributed by atoms with Crippen LogP contribution in [0.4, 0.5) is 0 Å². The molecule has 1 atom stereocenters. The molecular formula is C26H27N3O3. The highest BCUT2D eigenvalue weighted by molar-refractivity contribution is 5.98. The number of pyridine rings is 1. The molecule has 4 rings (SSSR count). The second-order valence-electron chi connectivity index (χ2n) is 7.75. The van der Waals surface area contributed by atoms with Gasteiger partial charge < -0.3 is 14.5 Å². The highest BCUT2D eigenvalue weighted by Gasteiger charge is 2.37. The lowest BCUT2D eigenvalue weighted by Crippen LogP contribution is -2.59. The number of aromatic nitrogens is 1. The summed E-state index contributed by atoms with van der Waals surface area (Å²) in [6.45, 7) is 3.61. The highest BCUT2D eigenvalue weighted by Crippen LogP contribution is 2.27. The van der Waals surface area contributed by atoms with Crippen LogP contribution >= 0.6 is 0 Å². The Morgan fingerprint density at radius 1 is 1.06 bits per heavy atom. The molecule has 0 saturated carbocycles. The minimum atomic E-state index is -0.569. The van der Waals surface area contributed by atoms with Gasteiger partial charge >= 0.3 is 0 Å². The number of amides is 2. The van der Waals surface area contributed by atoms with E-state index < -0.39 is 6.04 Å². The quantitative estimate of drug-likeness (QED) is 0.600. The molecule has 0 spiro atoms. The highest BCUT2D eigenvalue weighted by atomic mass is 16.5. The zero-order chi connectivity index (χ0) is 22.5. The van der Waals surface area contributed by atoms with Crippen LogP contribution < -0.4 is 4.74 Å². The number of ether oxygens (including phenoxy) is 1. The molecule has 0 bridgehead atoms. The average molecular weight is 430 g/mol. The number of carbonyl (C=O) groups is 2. The molecule has 1 saturated heterocycles. The fraction of sp³-hybridized carbons (Fsp3) is 0.269. The molecule has 2 heterocycles. The predicted octanol–water partition coefficient (Wildman–Crippen LogP) is 3.67. The van der Waals surface area contributed by atoms with Gasteiger partial charge in [-0.05, 0) is 29.7 Å². The second kappa shape index (κ2) is 9.64. The largest absolute Gasteiger partial charge is 0.481 e. The van der Waals surface area contributed by atoms with E-state index >= 15 is 0 Å². The number of carbonyl (C=O) groups excluding carboxylic acids is 2. The van der Waals surface area contributed by atoms with E-state index in [1.807, 2.05) is 48.2 Å². The Labute approximate surface area is 188 Å². The summed E-state index contributed by atoms with van der Waals surface area (Å²) in [5.41, 5.74) is 3.68. The van der Waals surface area contributed by atoms with E-state index in [1.165, 1.54) is 7.11 Å². The third kappa shape index (κ3) is 4.35. The van der Waals surface area contributed by atoms with Gasteiger partial charge in [0, 0.05) is 43.9 Å². The van der Waals surface area contributed by atoms with E-state index in [-0.39, 0.29) is 11.8 Å². The fourth-order valence-electron chi connectivity index (χ4n) is 4.22. The number of likely N-dealkylation sites (N-methyl/N-ethyl adjacent to an activating group) is 1. The van der Waals surface area contributed by atoms with Crippen molar-refractivity contribution in [1.82, 2.24) is 14.8 Å². The van der Waals surface area contributed by atoms with Crippen LogP contribution in [0.5, 0.6) is 5.88 Å². The van der Waals surface area contributed by atoms with Gasteiger partial charge in [0.05, 0.1) is 7.11 Å². The molecule has 3 aromatic rings. The van der Waals surface area contributed by atoms with E-state index in [1.54, 1.807) is 23.2 Å². The predicted molar refractivity (Wildman–Crippen MR) is 123 cm³/mol. The molecule has 0 unspecified atom stereocenters. The summed E-state index contributed by atoms with van der Waals surface area (Å²) < 4.78 is 5.18. The summed E-state index contributed by atoms with van der Waals surface area (Å²) in [4.78, 5) is 34.4. The lowest BCUT2D eigenvalue weighted by Gasteiger charge is -2.40. The first-order chi connectivity index (χ1) is 15.6. The summed E-state index contributed by atoms with van der Waals surface area (Å²) in [6, 6.07) is 20.9. The van der Waals surface area contributed by atoms with Gasteiger partial charge in [-0.2, -0.15) is 0 Å². The maximum atomic E-state index is 13.4. The summed E-state index contributed by atoms with van der Waals surface area (Å²) in [5, 5.41) is 0. The molecule has 0 radical (unpaired) electrons. The van der Waals surface area contributed by atoms with Crippen molar-refractivity contribution in [3.63, 3.8) is 0 Å². The zero-order valence-electron chi connectivity index (χ0n) is 18.4. The van der Waals surface area contributed by atoms with Crippen LogP contribution in [0.25, 0.3) is 11.1 Å². The first-order valence-electron chi connectivity index (χ1n) is 10.9. The summed E-state index contributed by atoms with van der Waals surface area (Å²) in [5.74, 6) is 0.174. The Morgan fingerprint density at radius 2 is 1.81 bits per heavy atom. The monoisotopic (exact) mass is 429 g/mol. The zero-order valence-corrected chi connectivity index (χ0v) is 18.4. The normalized spacial score (nSPS) is 16.2. The molecule has 32 heavy (non-hydrogen) atoms. The number of rotatable bonds is 6. The SMILES string of the molecule is CCN1CCN(C(=O)c2ccnc(OC)c2)[C@@H](Cc2ccccc2-c2ccccc2)C1=O. The third-order valence-electron chi connectivity index (χ3n) is 5.93. The maximum absolute atomic E-state index is 13.4. The van der Waals surface area contributed by atoms with E-state index in [0.29, 0.717) is 37.5 Å². The molecule has 0 aliphatic carbocycles. The van der Waals surface area contributed by atoms with Crippen LogP contribution in [0.3, 0.4) is 0 Å². The molecular weight excluding hydrogens is 402 g/mol. The van der Waals surface area contributed by atoms with Crippen LogP contribution in [0.15, 0.2) is 72.9 Å². The van der Waals surface area contributed by atoms with Gasteiger partial charge in [-0.3, -0.25) is 9.59 Å². The number of hydrogen-bond donors (Lipinski definition) is 0. The molecule has 0 N–H and O–H groups in total. The van der Waals surface area contributed by atoms with Gasteiger partial charge in [0.25, 0.3) is 5.91 Å². The summed E-state index contributed by atoms with van der Waals surface area (Å²) in [7, 11) is 1.52. The van der Waals surface area contributed by atoms with Crippen molar-refractivity contribution in [2.75, 3.05) is 26.7 Å². The minimum absolute atomic E-state index is 0.0176. The van der Waals surface area contributed by atoms with Gasteiger partial charge in [-0.1, -0.05) is 54.6 Å². The van der Waals surface area contributed by atoms with Gasteiger partial charge in [-0.25, -0.2) is 4.98 Å². The van der Waals surface area contributed by atoms with Crippen LogP contribution in [0.1, 0.15) is 22.8 Å². The Bertz CT molecular complexity index is 1100. The molecule has 164 valence electrons. The Morgan fingerprint density at radius 3 is 2.56 bits per heavy atom. The fourth-order valence-corrected chi connectivity index (χ4v) is 4.22. The van der Waals surface area contributed by atoms with Gasteiger partial charge in [-0.15, -0.1) is 0 Å². The number of methoxy groups -OCH3 is 1. The second-order valence-corrected chi connectivity index (χ2v) is 7.75. The van der Waals surface area contributed by atoms with Crippen LogP contribution in [-0.2, 0) is 11.2 Å². The van der Waals surface area contributed by atoms with Gasteiger partial charge in [0.15, 0.2) is 0 Å². The average Bonchev–Trinajstić information content (AvgIpc) is 2.85. The van der Waals surface area contributed by atoms with Crippen molar-refractivity contribution in [2.45, 2.75) is 19.4 Å². The number of hydrogen-bond acceptors (Lipinski definition) is 4. The van der Waals surface area contributed by atoms with Crippen LogP contribution in [0.2, 0.25) is 0 Å². The van der Waals surface area contributed by atoms with Crippen molar-refractivity contribution < 1.29 is 14.3 Å². The molecule has 2 aromatic carbocycles. The Kier molecular flexibility index (Phi) is 6.50. The third-order valence-corrected chi connectivity index (χ3v) is 5.93.